The molecule has 1 rings (SSSR count). The predicted octanol–water partition coefficient (Wildman–Crippen LogP) is 2.03. The molecule has 1 aromatic rings. The third kappa shape index (κ3) is 6.51. The molecule has 0 unspecified atom stereocenters. The smallest absolute Gasteiger partial charge is 0.213 e. The summed E-state index contributed by atoms with van der Waals surface area (Å²) in [6.07, 6.45) is 3.86. The highest BCUT2D eigenvalue weighted by atomic mass is 32.2. The Bertz CT molecular complexity index is 743. The van der Waals surface area contributed by atoms with Gasteiger partial charge >= 0.3 is 0 Å². The largest absolute Gasteiger partial charge is 0.240 e. The number of hydrogen-bond acceptors (Lipinski definition) is 4. The number of benzene rings is 1. The maximum Gasteiger partial charge on any atom is 0.240 e. The van der Waals surface area contributed by atoms with Crippen molar-refractivity contribution in [3.8, 4) is 0 Å². The molecule has 138 valence electrons. The first-order valence-electron chi connectivity index (χ1n) is 8.10. The second-order valence-corrected chi connectivity index (χ2v) is 9.75. The molecule has 6 nitrogen and oxygen atoms in total. The van der Waals surface area contributed by atoms with E-state index >= 15 is 0 Å². The molecule has 0 saturated heterocycles. The van der Waals surface area contributed by atoms with E-state index in [1.54, 1.807) is 19.1 Å². The topological polar surface area (TPSA) is 83.6 Å². The highest BCUT2D eigenvalue weighted by molar-refractivity contribution is 7.89. The van der Waals surface area contributed by atoms with E-state index < -0.39 is 20.0 Å². The Morgan fingerprint density at radius 1 is 1.04 bits per heavy atom. The fourth-order valence-electron chi connectivity index (χ4n) is 2.36. The van der Waals surface area contributed by atoms with Gasteiger partial charge in [-0.3, -0.25) is 0 Å². The lowest BCUT2D eigenvalue weighted by Crippen LogP contribution is -2.38. The molecular formula is C16H28N2O4S2. The number of nitrogens with one attached hydrogen (secondary N) is 1. The summed E-state index contributed by atoms with van der Waals surface area (Å²) in [5, 5.41) is 0. The Labute approximate surface area is 146 Å². The van der Waals surface area contributed by atoms with Crippen LogP contribution in [0.3, 0.4) is 0 Å². The van der Waals surface area contributed by atoms with E-state index in [1.807, 2.05) is 19.9 Å². The fraction of sp³-hybridized carbons (Fsp3) is 0.625. The lowest BCUT2D eigenvalue weighted by Gasteiger charge is -2.20. The summed E-state index contributed by atoms with van der Waals surface area (Å²) >= 11 is 0. The van der Waals surface area contributed by atoms with Crippen LogP contribution in [0.2, 0.25) is 0 Å². The van der Waals surface area contributed by atoms with Crippen molar-refractivity contribution in [3.05, 3.63) is 29.3 Å². The molecule has 0 aliphatic rings. The van der Waals surface area contributed by atoms with Gasteiger partial charge in [0.15, 0.2) is 0 Å². The summed E-state index contributed by atoms with van der Waals surface area (Å²) < 4.78 is 52.3. The Balaban J connectivity index is 2.74. The van der Waals surface area contributed by atoms with Gasteiger partial charge < -0.3 is 0 Å². The van der Waals surface area contributed by atoms with Crippen molar-refractivity contribution in [2.24, 2.45) is 0 Å². The zero-order valence-corrected chi connectivity index (χ0v) is 16.5. The van der Waals surface area contributed by atoms with E-state index in [2.05, 4.69) is 4.72 Å². The van der Waals surface area contributed by atoms with E-state index in [9.17, 15) is 16.8 Å². The van der Waals surface area contributed by atoms with Gasteiger partial charge in [0.1, 0.15) is 0 Å². The number of sulfonamides is 2. The lowest BCUT2D eigenvalue weighted by atomic mass is 10.2. The van der Waals surface area contributed by atoms with Gasteiger partial charge in [-0.2, -0.15) is 0 Å². The molecule has 0 atom stereocenters. The van der Waals surface area contributed by atoms with Crippen molar-refractivity contribution in [3.63, 3.8) is 0 Å². The SMILES string of the molecule is CCCCCN(CCNS(=O)(=O)c1cc(C)ccc1C)S(C)(=O)=O. The van der Waals surface area contributed by atoms with Crippen LogP contribution in [-0.4, -0.2) is 47.0 Å². The molecule has 0 fully saturated rings. The van der Waals surface area contributed by atoms with E-state index in [4.69, 9.17) is 0 Å². The molecule has 0 aliphatic carbocycles. The number of nitrogens with zero attached hydrogens (tertiary/aromatic N) is 1. The molecule has 1 N–H and O–H groups in total. The van der Waals surface area contributed by atoms with Gasteiger partial charge in [0.25, 0.3) is 0 Å². The summed E-state index contributed by atoms with van der Waals surface area (Å²) in [5.41, 5.74) is 1.52. The first kappa shape index (κ1) is 21.1. The molecule has 0 saturated carbocycles. The molecule has 1 aromatic carbocycles. The second-order valence-electron chi connectivity index (χ2n) is 6.04. The molecule has 8 heteroatoms. The summed E-state index contributed by atoms with van der Waals surface area (Å²) in [5.74, 6) is 0. The molecule has 0 bridgehead atoms. The maximum atomic E-state index is 12.4. The first-order chi connectivity index (χ1) is 11.1. The second kappa shape index (κ2) is 8.94. The van der Waals surface area contributed by atoms with Gasteiger partial charge in [-0.1, -0.05) is 31.9 Å². The number of aryl methyl sites for hydroxylation is 2. The minimum Gasteiger partial charge on any atom is -0.213 e. The average Bonchev–Trinajstić information content (AvgIpc) is 2.47. The van der Waals surface area contributed by atoms with Gasteiger partial charge in [0.2, 0.25) is 20.0 Å². The fourth-order valence-corrected chi connectivity index (χ4v) is 4.59. The van der Waals surface area contributed by atoms with Gasteiger partial charge in [-0.15, -0.1) is 0 Å². The van der Waals surface area contributed by atoms with Crippen LogP contribution in [0.5, 0.6) is 0 Å². The van der Waals surface area contributed by atoms with Crippen molar-refractivity contribution in [1.29, 1.82) is 0 Å². The van der Waals surface area contributed by atoms with Gasteiger partial charge in [-0.25, -0.2) is 25.9 Å². The molecule has 0 radical (unpaired) electrons. The molecular weight excluding hydrogens is 348 g/mol. The van der Waals surface area contributed by atoms with Crippen LogP contribution in [0.25, 0.3) is 0 Å². The third-order valence-corrected chi connectivity index (χ3v) is 6.67. The van der Waals surface area contributed by atoms with Crippen molar-refractivity contribution >= 4 is 20.0 Å². The van der Waals surface area contributed by atoms with Crippen molar-refractivity contribution in [2.45, 2.75) is 44.9 Å². The highest BCUT2D eigenvalue weighted by Gasteiger charge is 2.19. The standard InChI is InChI=1S/C16H28N2O4S2/c1-5-6-7-11-18(23(4,19)20)12-10-17-24(21,22)16-13-14(2)8-9-15(16)3/h8-9,13,17H,5-7,10-12H2,1-4H3. The molecule has 0 aliphatic heterocycles. The Morgan fingerprint density at radius 3 is 2.29 bits per heavy atom. The van der Waals surface area contributed by atoms with Crippen LogP contribution < -0.4 is 4.72 Å². The quantitative estimate of drug-likeness (QED) is 0.633. The van der Waals surface area contributed by atoms with E-state index in [0.717, 1.165) is 31.1 Å². The van der Waals surface area contributed by atoms with E-state index in [1.165, 1.54) is 4.31 Å². The summed E-state index contributed by atoms with van der Waals surface area (Å²) in [6, 6.07) is 5.23. The number of rotatable bonds is 10. The zero-order chi connectivity index (χ0) is 18.4. The summed E-state index contributed by atoms with van der Waals surface area (Å²) in [4.78, 5) is 0.236. The van der Waals surface area contributed by atoms with Crippen LogP contribution in [0.15, 0.2) is 23.1 Å². The number of hydrogen-bond donors (Lipinski definition) is 1. The number of unbranched alkanes of at least 4 members (excludes halogenated alkanes) is 2. The Hall–Kier alpha value is -0.960. The van der Waals surface area contributed by atoms with E-state index in [-0.39, 0.29) is 18.0 Å². The zero-order valence-electron chi connectivity index (χ0n) is 14.9. The van der Waals surface area contributed by atoms with Gasteiger partial charge in [0, 0.05) is 19.6 Å². The molecule has 0 amide bonds. The molecule has 24 heavy (non-hydrogen) atoms. The lowest BCUT2D eigenvalue weighted by molar-refractivity contribution is 0.405. The molecule has 0 spiro atoms. The predicted molar refractivity (Wildman–Crippen MR) is 97.0 cm³/mol. The Kier molecular flexibility index (Phi) is 7.85. The van der Waals surface area contributed by atoms with Crippen LogP contribution in [0, 0.1) is 13.8 Å². The molecule has 0 heterocycles. The van der Waals surface area contributed by atoms with Crippen molar-refractivity contribution in [2.75, 3.05) is 25.9 Å². The minimum absolute atomic E-state index is 0.0505. The van der Waals surface area contributed by atoms with Crippen LogP contribution in [-0.2, 0) is 20.0 Å². The first-order valence-corrected chi connectivity index (χ1v) is 11.4. The third-order valence-electron chi connectivity index (χ3n) is 3.77. The maximum absolute atomic E-state index is 12.4. The monoisotopic (exact) mass is 376 g/mol. The highest BCUT2D eigenvalue weighted by Crippen LogP contribution is 2.16. The normalized spacial score (nSPS) is 12.7. The Morgan fingerprint density at radius 2 is 1.71 bits per heavy atom. The van der Waals surface area contributed by atoms with Gasteiger partial charge in [-0.05, 0) is 37.5 Å². The average molecular weight is 377 g/mol. The van der Waals surface area contributed by atoms with Gasteiger partial charge in [0.05, 0.1) is 11.2 Å². The van der Waals surface area contributed by atoms with Crippen LogP contribution >= 0.6 is 0 Å². The van der Waals surface area contributed by atoms with Crippen molar-refractivity contribution < 1.29 is 16.8 Å². The van der Waals surface area contributed by atoms with Crippen LogP contribution in [0.1, 0.15) is 37.3 Å². The molecule has 0 aromatic heterocycles. The van der Waals surface area contributed by atoms with Crippen LogP contribution in [0.4, 0.5) is 0 Å². The van der Waals surface area contributed by atoms with Crippen molar-refractivity contribution in [1.82, 2.24) is 9.03 Å². The summed E-state index contributed by atoms with van der Waals surface area (Å²) in [6.45, 7) is 6.21. The van der Waals surface area contributed by atoms with E-state index in [0.29, 0.717) is 12.1 Å². The summed E-state index contributed by atoms with van der Waals surface area (Å²) in [7, 11) is -7.00. The minimum atomic E-state index is -3.65.